The number of carboxylic acid groups (broad SMARTS) is 1. The van der Waals surface area contributed by atoms with Gasteiger partial charge in [-0.3, -0.25) is 19.4 Å². The summed E-state index contributed by atoms with van der Waals surface area (Å²) in [6, 6.07) is 2.95. The molecule has 0 spiro atoms. The Balaban J connectivity index is 1.65. The summed E-state index contributed by atoms with van der Waals surface area (Å²) in [6.45, 7) is 4.21. The van der Waals surface area contributed by atoms with Crippen molar-refractivity contribution in [2.75, 3.05) is 52.9 Å². The van der Waals surface area contributed by atoms with Gasteiger partial charge in [-0.15, -0.1) is 0 Å². The summed E-state index contributed by atoms with van der Waals surface area (Å²) >= 11 is 0. The van der Waals surface area contributed by atoms with Crippen molar-refractivity contribution in [2.45, 2.75) is 18.9 Å². The molecule has 1 N–H and O–H groups in total. The normalized spacial score (nSPS) is 19.9. The van der Waals surface area contributed by atoms with Crippen LogP contribution in [0.25, 0.3) is 0 Å². The molecule has 0 aliphatic carbocycles. The van der Waals surface area contributed by atoms with E-state index in [0.29, 0.717) is 44.0 Å². The second-order valence-electron chi connectivity index (χ2n) is 7.03. The van der Waals surface area contributed by atoms with Gasteiger partial charge in [0.05, 0.1) is 13.7 Å². The zero-order valence-corrected chi connectivity index (χ0v) is 15.6. The minimum absolute atomic E-state index is 0.141. The predicted molar refractivity (Wildman–Crippen MR) is 97.2 cm³/mol. The lowest BCUT2D eigenvalue weighted by Crippen LogP contribution is -2.51. The number of methoxy groups -OCH3 is 1. The second-order valence-corrected chi connectivity index (χ2v) is 7.03. The van der Waals surface area contributed by atoms with Crippen molar-refractivity contribution in [2.24, 2.45) is 0 Å². The predicted octanol–water partition coefficient (Wildman–Crippen LogP) is 1.20. The quantitative estimate of drug-likeness (QED) is 0.801. The topological polar surface area (TPSA) is 73.3 Å². The van der Waals surface area contributed by atoms with Crippen molar-refractivity contribution >= 4 is 11.9 Å². The van der Waals surface area contributed by atoms with Gasteiger partial charge in [-0.05, 0) is 31.0 Å². The number of likely N-dealkylation sites (tertiary alicyclic amines) is 1. The Hall–Kier alpha value is -2.19. The third kappa shape index (κ3) is 4.56. The highest BCUT2D eigenvalue weighted by Gasteiger charge is 2.33. The minimum atomic E-state index is -1.04. The third-order valence-corrected chi connectivity index (χ3v) is 5.31. The zero-order chi connectivity index (χ0) is 19.4. The molecule has 0 bridgehead atoms. The molecule has 2 saturated heterocycles. The first-order chi connectivity index (χ1) is 13.0. The van der Waals surface area contributed by atoms with Crippen LogP contribution in [0.2, 0.25) is 0 Å². The van der Waals surface area contributed by atoms with Crippen LogP contribution >= 0.6 is 0 Å². The van der Waals surface area contributed by atoms with Gasteiger partial charge in [-0.25, -0.2) is 4.39 Å². The van der Waals surface area contributed by atoms with Crippen molar-refractivity contribution in [3.8, 4) is 5.75 Å². The maximum atomic E-state index is 13.7. The minimum Gasteiger partial charge on any atom is -0.496 e. The van der Waals surface area contributed by atoms with Crippen molar-refractivity contribution < 1.29 is 23.8 Å². The highest BCUT2D eigenvalue weighted by Crippen LogP contribution is 2.31. The Morgan fingerprint density at radius 3 is 2.41 bits per heavy atom. The second kappa shape index (κ2) is 8.67. The van der Waals surface area contributed by atoms with E-state index in [-0.39, 0.29) is 5.91 Å². The summed E-state index contributed by atoms with van der Waals surface area (Å²) in [5, 5.41) is 9.75. The molecule has 0 unspecified atom stereocenters. The summed E-state index contributed by atoms with van der Waals surface area (Å²) in [6.07, 6.45) is 2.13. The van der Waals surface area contributed by atoms with Gasteiger partial charge < -0.3 is 14.7 Å². The zero-order valence-electron chi connectivity index (χ0n) is 15.6. The molecule has 2 fully saturated rings. The number of ether oxygens (including phenoxy) is 1. The van der Waals surface area contributed by atoms with E-state index in [1.807, 2.05) is 4.90 Å². The summed E-state index contributed by atoms with van der Waals surface area (Å²) in [5.41, 5.74) is 0.312. The molecule has 3 rings (SSSR count). The molecule has 0 radical (unpaired) electrons. The average Bonchev–Trinajstić information content (AvgIpc) is 3.18. The molecular weight excluding hydrogens is 353 g/mol. The number of amides is 1. The van der Waals surface area contributed by atoms with Crippen LogP contribution in [0.15, 0.2) is 18.2 Å². The fourth-order valence-corrected chi connectivity index (χ4v) is 3.84. The number of hydrogen-bond donors (Lipinski definition) is 1. The third-order valence-electron chi connectivity index (χ3n) is 5.31. The van der Waals surface area contributed by atoms with Crippen LogP contribution in [0.1, 0.15) is 24.4 Å². The average molecular weight is 379 g/mol. The van der Waals surface area contributed by atoms with E-state index < -0.39 is 17.8 Å². The van der Waals surface area contributed by atoms with Crippen molar-refractivity contribution in [1.29, 1.82) is 0 Å². The van der Waals surface area contributed by atoms with Gasteiger partial charge in [0.15, 0.2) is 0 Å². The summed E-state index contributed by atoms with van der Waals surface area (Å²) < 4.78 is 18.9. The first-order valence-electron chi connectivity index (χ1n) is 9.30. The fourth-order valence-electron chi connectivity index (χ4n) is 3.84. The van der Waals surface area contributed by atoms with E-state index in [2.05, 4.69) is 4.90 Å². The Labute approximate surface area is 158 Å². The number of benzene rings is 1. The molecule has 27 heavy (non-hydrogen) atoms. The fraction of sp³-hybridized carbons (Fsp3) is 0.579. The van der Waals surface area contributed by atoms with Crippen LogP contribution in [0.3, 0.4) is 0 Å². The molecule has 8 heteroatoms. The number of piperazine rings is 1. The summed E-state index contributed by atoms with van der Waals surface area (Å²) in [5.74, 6) is -1.04. The number of nitrogens with zero attached hydrogens (tertiary/aromatic N) is 3. The number of hydrogen-bond acceptors (Lipinski definition) is 5. The molecule has 2 aliphatic heterocycles. The first-order valence-corrected chi connectivity index (χ1v) is 9.30. The van der Waals surface area contributed by atoms with Crippen LogP contribution in [0, 0.1) is 5.82 Å². The summed E-state index contributed by atoms with van der Waals surface area (Å²) in [7, 11) is 1.44. The molecule has 1 amide bonds. The molecule has 2 aliphatic rings. The lowest BCUT2D eigenvalue weighted by molar-refractivity contribution is -0.145. The van der Waals surface area contributed by atoms with Gasteiger partial charge in [0.1, 0.15) is 17.6 Å². The van der Waals surface area contributed by atoms with E-state index in [4.69, 9.17) is 4.74 Å². The molecule has 1 atom stereocenters. The van der Waals surface area contributed by atoms with Crippen molar-refractivity contribution in [3.05, 3.63) is 29.6 Å². The van der Waals surface area contributed by atoms with Gasteiger partial charge >= 0.3 is 5.97 Å². The van der Waals surface area contributed by atoms with E-state index >= 15 is 0 Å². The highest BCUT2D eigenvalue weighted by atomic mass is 19.1. The van der Waals surface area contributed by atoms with E-state index in [1.165, 1.54) is 25.3 Å². The van der Waals surface area contributed by atoms with Crippen LogP contribution in [0.4, 0.5) is 4.39 Å². The van der Waals surface area contributed by atoms with Crippen LogP contribution in [0.5, 0.6) is 5.75 Å². The number of halogens is 1. The molecule has 148 valence electrons. The number of rotatable bonds is 6. The Morgan fingerprint density at radius 2 is 1.81 bits per heavy atom. The molecule has 0 saturated carbocycles. The van der Waals surface area contributed by atoms with Gasteiger partial charge in [-0.2, -0.15) is 0 Å². The first kappa shape index (κ1) is 19.6. The molecule has 7 nitrogen and oxygen atoms in total. The maximum absolute atomic E-state index is 13.7. The number of carbonyl (C=O) groups excluding carboxylic acids is 1. The molecule has 1 aromatic carbocycles. The van der Waals surface area contributed by atoms with Gasteiger partial charge in [0, 0.05) is 44.8 Å². The Bertz CT molecular complexity index is 686. The number of carbonyl (C=O) groups is 2. The smallest absolute Gasteiger partial charge is 0.325 e. The monoisotopic (exact) mass is 379 g/mol. The van der Waals surface area contributed by atoms with Crippen LogP contribution in [-0.2, 0) is 9.59 Å². The highest BCUT2D eigenvalue weighted by molar-refractivity contribution is 5.78. The molecule has 1 aromatic rings. The SMILES string of the molecule is COc1ccc(F)cc1[C@@H](C(=O)O)N1CCN(CC(=O)N2CCCC2)CC1. The van der Waals surface area contributed by atoms with Crippen molar-refractivity contribution in [1.82, 2.24) is 14.7 Å². The number of aliphatic carboxylic acids is 1. The lowest BCUT2D eigenvalue weighted by Gasteiger charge is -2.38. The molecule has 2 heterocycles. The standard InChI is InChI=1S/C19H26FN3O4/c1-27-16-5-4-14(20)12-15(16)18(19(25)26)23-10-8-21(9-11-23)13-17(24)22-6-2-3-7-22/h4-5,12,18H,2-3,6-11,13H2,1H3,(H,25,26)/t18-/m0/s1. The van der Waals surface area contributed by atoms with Crippen LogP contribution in [-0.4, -0.2) is 84.6 Å². The lowest BCUT2D eigenvalue weighted by atomic mass is 10.0. The number of carboxylic acids is 1. The van der Waals surface area contributed by atoms with Gasteiger partial charge in [0.25, 0.3) is 0 Å². The van der Waals surface area contributed by atoms with E-state index in [0.717, 1.165) is 25.9 Å². The van der Waals surface area contributed by atoms with E-state index in [9.17, 15) is 19.1 Å². The summed E-state index contributed by atoms with van der Waals surface area (Å²) in [4.78, 5) is 30.0. The van der Waals surface area contributed by atoms with Crippen molar-refractivity contribution in [3.63, 3.8) is 0 Å². The van der Waals surface area contributed by atoms with Gasteiger partial charge in [-0.1, -0.05) is 0 Å². The Morgan fingerprint density at radius 1 is 1.15 bits per heavy atom. The maximum Gasteiger partial charge on any atom is 0.325 e. The largest absolute Gasteiger partial charge is 0.496 e. The van der Waals surface area contributed by atoms with E-state index in [1.54, 1.807) is 4.90 Å². The molecule has 0 aromatic heterocycles. The van der Waals surface area contributed by atoms with Gasteiger partial charge in [0.2, 0.25) is 5.91 Å². The van der Waals surface area contributed by atoms with Crippen LogP contribution < -0.4 is 4.74 Å². The molecular formula is C19H26FN3O4. The Kier molecular flexibility index (Phi) is 6.28.